The largest absolute Gasteiger partial charge is 0.481 e. The average molecular weight is 440 g/mol. The van der Waals surface area contributed by atoms with Crippen LogP contribution in [0.15, 0.2) is 59.5 Å². The van der Waals surface area contributed by atoms with Crippen molar-refractivity contribution in [1.29, 1.82) is 0 Å². The number of hydrogen-bond donors (Lipinski definition) is 1. The lowest BCUT2D eigenvalue weighted by atomic mass is 10.2. The molecule has 1 fully saturated rings. The lowest BCUT2D eigenvalue weighted by molar-refractivity contribution is -0.123. The molecule has 0 bridgehead atoms. The van der Waals surface area contributed by atoms with Crippen molar-refractivity contribution in [3.05, 3.63) is 60.2 Å². The number of carbonyl (C=O) groups is 1. The Balaban J connectivity index is 1.38. The van der Waals surface area contributed by atoms with Crippen molar-refractivity contribution < 1.29 is 17.9 Å². The maximum absolute atomic E-state index is 12.3. The van der Waals surface area contributed by atoms with E-state index < -0.39 is 9.84 Å². The smallest absolute Gasteiger partial charge is 0.258 e. The third kappa shape index (κ3) is 5.14. The summed E-state index contributed by atoms with van der Waals surface area (Å²) in [4.78, 5) is 19.6. The minimum atomic E-state index is -3.23. The second-order valence-corrected chi connectivity index (χ2v) is 9.69. The molecule has 1 amide bonds. The van der Waals surface area contributed by atoms with Gasteiger partial charge in [-0.05, 0) is 48.7 Å². The van der Waals surface area contributed by atoms with Gasteiger partial charge in [0.2, 0.25) is 0 Å². The first-order valence-electron chi connectivity index (χ1n) is 10.2. The molecular weight excluding hydrogens is 414 g/mol. The number of benzene rings is 2. The fourth-order valence-electron chi connectivity index (χ4n) is 3.60. The highest BCUT2D eigenvalue weighted by Gasteiger charge is 2.15. The van der Waals surface area contributed by atoms with Gasteiger partial charge in [0.05, 0.1) is 4.90 Å². The van der Waals surface area contributed by atoms with E-state index in [0.717, 1.165) is 41.6 Å². The van der Waals surface area contributed by atoms with Crippen molar-refractivity contribution in [1.82, 2.24) is 10.3 Å². The zero-order chi connectivity index (χ0) is 21.8. The number of sulfone groups is 1. The van der Waals surface area contributed by atoms with Crippen LogP contribution in [0.25, 0.3) is 10.9 Å². The molecule has 2 heterocycles. The molecule has 0 unspecified atom stereocenters. The van der Waals surface area contributed by atoms with Gasteiger partial charge in [-0.1, -0.05) is 24.3 Å². The highest BCUT2D eigenvalue weighted by atomic mass is 32.2. The molecule has 0 aliphatic carbocycles. The molecule has 1 saturated heterocycles. The van der Waals surface area contributed by atoms with Gasteiger partial charge in [-0.2, -0.15) is 0 Å². The average Bonchev–Trinajstić information content (AvgIpc) is 3.30. The minimum absolute atomic E-state index is 0.129. The zero-order valence-electron chi connectivity index (χ0n) is 17.4. The van der Waals surface area contributed by atoms with Gasteiger partial charge in [0.15, 0.2) is 16.4 Å². The van der Waals surface area contributed by atoms with Crippen molar-refractivity contribution >= 4 is 32.5 Å². The van der Waals surface area contributed by atoms with E-state index >= 15 is 0 Å². The van der Waals surface area contributed by atoms with Crippen LogP contribution in [-0.2, 0) is 21.2 Å². The molecule has 7 nitrogen and oxygen atoms in total. The molecular formula is C23H25N3O4S. The summed E-state index contributed by atoms with van der Waals surface area (Å²) in [6.45, 7) is 2.18. The quantitative estimate of drug-likeness (QED) is 0.609. The Bertz CT molecular complexity index is 1190. The number of rotatable bonds is 7. The van der Waals surface area contributed by atoms with Crippen molar-refractivity contribution in [2.24, 2.45) is 0 Å². The second kappa shape index (κ2) is 8.93. The van der Waals surface area contributed by atoms with Crippen molar-refractivity contribution in [3.8, 4) is 5.75 Å². The summed E-state index contributed by atoms with van der Waals surface area (Å²) in [6, 6.07) is 16.2. The van der Waals surface area contributed by atoms with Crippen LogP contribution in [0.3, 0.4) is 0 Å². The SMILES string of the molecule is CS(=O)(=O)c1ccc(CNC(=O)COc2cccc3ccc(N4CCCC4)nc23)cc1. The van der Waals surface area contributed by atoms with Crippen LogP contribution in [0.2, 0.25) is 0 Å². The molecule has 1 N–H and O–H groups in total. The summed E-state index contributed by atoms with van der Waals surface area (Å²) >= 11 is 0. The number of ether oxygens (including phenoxy) is 1. The van der Waals surface area contributed by atoms with Crippen molar-refractivity contribution in [2.75, 3.05) is 30.9 Å². The van der Waals surface area contributed by atoms with Gasteiger partial charge < -0.3 is 15.0 Å². The molecule has 0 atom stereocenters. The lowest BCUT2D eigenvalue weighted by Crippen LogP contribution is -2.28. The van der Waals surface area contributed by atoms with Gasteiger partial charge in [0.1, 0.15) is 17.1 Å². The maximum Gasteiger partial charge on any atom is 0.258 e. The molecule has 1 aliphatic rings. The summed E-state index contributed by atoms with van der Waals surface area (Å²) in [7, 11) is -3.23. The number of fused-ring (bicyclic) bond motifs is 1. The molecule has 3 aromatic rings. The van der Waals surface area contributed by atoms with E-state index in [1.807, 2.05) is 30.3 Å². The number of amides is 1. The van der Waals surface area contributed by atoms with E-state index in [1.54, 1.807) is 12.1 Å². The van der Waals surface area contributed by atoms with E-state index in [1.165, 1.54) is 25.0 Å². The van der Waals surface area contributed by atoms with E-state index in [-0.39, 0.29) is 17.4 Å². The molecule has 31 heavy (non-hydrogen) atoms. The Morgan fingerprint density at radius 2 is 1.81 bits per heavy atom. The van der Waals surface area contributed by atoms with E-state index in [9.17, 15) is 13.2 Å². The number of nitrogens with one attached hydrogen (secondary N) is 1. The summed E-state index contributed by atoms with van der Waals surface area (Å²) in [5, 5.41) is 3.75. The molecule has 1 aromatic heterocycles. The summed E-state index contributed by atoms with van der Waals surface area (Å²) in [6.07, 6.45) is 3.52. The van der Waals surface area contributed by atoms with Gasteiger partial charge in [-0.25, -0.2) is 13.4 Å². The van der Waals surface area contributed by atoms with E-state index in [0.29, 0.717) is 12.3 Å². The first kappa shape index (κ1) is 21.1. The highest BCUT2D eigenvalue weighted by Crippen LogP contribution is 2.27. The zero-order valence-corrected chi connectivity index (χ0v) is 18.2. The fraction of sp³-hybridized carbons (Fsp3) is 0.304. The predicted octanol–water partition coefficient (Wildman–Crippen LogP) is 2.93. The molecule has 0 radical (unpaired) electrons. The predicted molar refractivity (Wildman–Crippen MR) is 120 cm³/mol. The standard InChI is InChI=1S/C23H25N3O4S/c1-31(28,29)19-10-7-17(8-11-19)15-24-22(27)16-30-20-6-4-5-18-9-12-21(25-23(18)20)26-13-2-3-14-26/h4-12H,2-3,13-16H2,1H3,(H,24,27). The monoisotopic (exact) mass is 439 g/mol. The Kier molecular flexibility index (Phi) is 6.08. The number of aromatic nitrogens is 1. The van der Waals surface area contributed by atoms with Crippen LogP contribution in [0, 0.1) is 0 Å². The Hall–Kier alpha value is -3.13. The second-order valence-electron chi connectivity index (χ2n) is 7.67. The van der Waals surface area contributed by atoms with Crippen LogP contribution in [0.4, 0.5) is 5.82 Å². The third-order valence-corrected chi connectivity index (χ3v) is 6.43. The number of nitrogens with zero attached hydrogens (tertiary/aromatic N) is 2. The Labute approximate surface area is 182 Å². The number of carbonyl (C=O) groups excluding carboxylic acids is 1. The van der Waals surface area contributed by atoms with Gasteiger partial charge in [-0.15, -0.1) is 0 Å². The van der Waals surface area contributed by atoms with Crippen molar-refractivity contribution in [3.63, 3.8) is 0 Å². The number of hydrogen-bond acceptors (Lipinski definition) is 6. The molecule has 0 saturated carbocycles. The van der Waals surface area contributed by atoms with Gasteiger partial charge in [0.25, 0.3) is 5.91 Å². The molecule has 1 aliphatic heterocycles. The lowest BCUT2D eigenvalue weighted by Gasteiger charge is -2.17. The van der Waals surface area contributed by atoms with Gasteiger partial charge >= 0.3 is 0 Å². The van der Waals surface area contributed by atoms with E-state index in [2.05, 4.69) is 10.2 Å². The normalized spacial score (nSPS) is 14.0. The van der Waals surface area contributed by atoms with Crippen LogP contribution >= 0.6 is 0 Å². The maximum atomic E-state index is 12.3. The third-order valence-electron chi connectivity index (χ3n) is 5.30. The van der Waals surface area contributed by atoms with E-state index in [4.69, 9.17) is 9.72 Å². The topological polar surface area (TPSA) is 88.6 Å². The highest BCUT2D eigenvalue weighted by molar-refractivity contribution is 7.90. The minimum Gasteiger partial charge on any atom is -0.481 e. The van der Waals surface area contributed by atoms with Gasteiger partial charge in [-0.3, -0.25) is 4.79 Å². The first-order valence-corrected chi connectivity index (χ1v) is 12.1. The molecule has 4 rings (SSSR count). The fourth-order valence-corrected chi connectivity index (χ4v) is 4.23. The number of pyridine rings is 1. The summed E-state index contributed by atoms with van der Waals surface area (Å²) in [5.41, 5.74) is 1.55. The van der Waals surface area contributed by atoms with Crippen LogP contribution in [0.5, 0.6) is 5.75 Å². The van der Waals surface area contributed by atoms with Crippen LogP contribution < -0.4 is 15.0 Å². The van der Waals surface area contributed by atoms with Gasteiger partial charge in [0, 0.05) is 31.3 Å². The number of anilines is 1. The summed E-state index contributed by atoms with van der Waals surface area (Å²) in [5.74, 6) is 1.24. The first-order chi connectivity index (χ1) is 14.9. The Morgan fingerprint density at radius 1 is 1.06 bits per heavy atom. The molecule has 0 spiro atoms. The van der Waals surface area contributed by atoms with Crippen molar-refractivity contribution in [2.45, 2.75) is 24.3 Å². The summed E-state index contributed by atoms with van der Waals surface area (Å²) < 4.78 is 28.8. The number of para-hydroxylation sites is 1. The molecule has 2 aromatic carbocycles. The van der Waals surface area contributed by atoms with Crippen LogP contribution in [0.1, 0.15) is 18.4 Å². The Morgan fingerprint density at radius 3 is 2.52 bits per heavy atom. The molecule has 8 heteroatoms. The molecule has 162 valence electrons. The van der Waals surface area contributed by atoms with Crippen LogP contribution in [-0.4, -0.2) is 45.3 Å².